The summed E-state index contributed by atoms with van der Waals surface area (Å²) >= 11 is 0. The van der Waals surface area contributed by atoms with Gasteiger partial charge < -0.3 is 19.5 Å². The van der Waals surface area contributed by atoms with E-state index in [0.29, 0.717) is 28.6 Å². The monoisotopic (exact) mass is 335 g/mol. The second-order valence-corrected chi connectivity index (χ2v) is 5.11. The van der Waals surface area contributed by atoms with Crippen molar-refractivity contribution in [3.63, 3.8) is 0 Å². The van der Waals surface area contributed by atoms with Gasteiger partial charge in [0.15, 0.2) is 11.5 Å². The smallest absolute Gasteiger partial charge is 0.205 e. The highest BCUT2D eigenvalue weighted by Crippen LogP contribution is 2.44. The molecule has 0 aliphatic heterocycles. The highest BCUT2D eigenvalue weighted by molar-refractivity contribution is 5.97. The molecule has 1 N–H and O–H groups in total. The van der Waals surface area contributed by atoms with Crippen molar-refractivity contribution in [3.8, 4) is 29.6 Å². The number of aromatic nitrogens is 2. The second-order valence-electron chi connectivity index (χ2n) is 5.11. The fourth-order valence-electron chi connectivity index (χ4n) is 2.59. The van der Waals surface area contributed by atoms with Crippen molar-refractivity contribution in [2.24, 2.45) is 0 Å². The van der Waals surface area contributed by atoms with Crippen LogP contribution in [0.5, 0.6) is 17.2 Å². The van der Waals surface area contributed by atoms with Gasteiger partial charge in [-0.2, -0.15) is 0 Å². The zero-order valence-electron chi connectivity index (χ0n) is 14.2. The lowest BCUT2D eigenvalue weighted by atomic mass is 10.1. The molecule has 0 amide bonds. The molecule has 0 aliphatic carbocycles. The first-order chi connectivity index (χ1) is 12.2. The van der Waals surface area contributed by atoms with Gasteiger partial charge in [0.05, 0.1) is 26.7 Å². The van der Waals surface area contributed by atoms with Gasteiger partial charge in [0, 0.05) is 11.3 Å². The first kappa shape index (κ1) is 16.4. The van der Waals surface area contributed by atoms with Gasteiger partial charge >= 0.3 is 0 Å². The van der Waals surface area contributed by atoms with Crippen LogP contribution in [0, 0.1) is 12.3 Å². The second kappa shape index (κ2) is 6.97. The number of rotatable bonds is 5. The van der Waals surface area contributed by atoms with E-state index in [1.165, 1.54) is 6.33 Å². The molecule has 3 rings (SSSR count). The van der Waals surface area contributed by atoms with E-state index in [4.69, 9.17) is 20.6 Å². The van der Waals surface area contributed by atoms with Crippen molar-refractivity contribution in [2.45, 2.75) is 0 Å². The van der Waals surface area contributed by atoms with Gasteiger partial charge in [0.25, 0.3) is 0 Å². The first-order valence-corrected chi connectivity index (χ1v) is 7.49. The maximum atomic E-state index is 5.48. The number of nitrogens with zero attached hydrogens (tertiary/aromatic N) is 2. The summed E-state index contributed by atoms with van der Waals surface area (Å²) in [7, 11) is 4.68. The van der Waals surface area contributed by atoms with E-state index < -0.39 is 0 Å². The molecule has 25 heavy (non-hydrogen) atoms. The summed E-state index contributed by atoms with van der Waals surface area (Å²) in [5.74, 6) is 4.72. The fourth-order valence-corrected chi connectivity index (χ4v) is 2.59. The number of benzene rings is 2. The molecule has 6 heteroatoms. The van der Waals surface area contributed by atoms with E-state index in [-0.39, 0.29) is 0 Å². The molecular formula is C19H17N3O3. The molecule has 0 atom stereocenters. The third kappa shape index (κ3) is 3.00. The molecule has 2 aromatic carbocycles. The number of hydrogen-bond acceptors (Lipinski definition) is 6. The van der Waals surface area contributed by atoms with E-state index in [1.807, 2.05) is 30.3 Å². The Balaban J connectivity index is 2.17. The quantitative estimate of drug-likeness (QED) is 0.721. The number of terminal acetylenes is 1. The van der Waals surface area contributed by atoms with Crippen LogP contribution < -0.4 is 19.5 Å². The van der Waals surface area contributed by atoms with Crippen LogP contribution in [-0.2, 0) is 0 Å². The number of methoxy groups -OCH3 is 3. The van der Waals surface area contributed by atoms with Crippen molar-refractivity contribution in [2.75, 3.05) is 26.6 Å². The number of hydrogen-bond donors (Lipinski definition) is 1. The Morgan fingerprint density at radius 2 is 1.80 bits per heavy atom. The van der Waals surface area contributed by atoms with Gasteiger partial charge in [-0.25, -0.2) is 9.97 Å². The van der Waals surface area contributed by atoms with Crippen LogP contribution in [0.1, 0.15) is 5.56 Å². The average molecular weight is 335 g/mol. The minimum absolute atomic E-state index is 0.483. The van der Waals surface area contributed by atoms with Crippen LogP contribution >= 0.6 is 0 Å². The lowest BCUT2D eigenvalue weighted by Crippen LogP contribution is -2.01. The highest BCUT2D eigenvalue weighted by atomic mass is 16.5. The van der Waals surface area contributed by atoms with Gasteiger partial charge in [0.1, 0.15) is 17.7 Å². The molecule has 1 aromatic heterocycles. The number of ether oxygens (including phenoxy) is 3. The largest absolute Gasteiger partial charge is 0.493 e. The van der Waals surface area contributed by atoms with Gasteiger partial charge in [-0.3, -0.25) is 0 Å². The lowest BCUT2D eigenvalue weighted by Gasteiger charge is -2.16. The molecule has 1 heterocycles. The molecule has 0 saturated carbocycles. The van der Waals surface area contributed by atoms with Crippen LogP contribution in [0.4, 0.5) is 11.5 Å². The van der Waals surface area contributed by atoms with Gasteiger partial charge in [-0.05, 0) is 24.3 Å². The SMILES string of the molecule is C#Cc1cccc(Nc2ncnc3c(OC)c(OC)c(OC)cc23)c1. The molecule has 0 fully saturated rings. The van der Waals surface area contributed by atoms with Crippen LogP contribution in [0.15, 0.2) is 36.7 Å². The predicted molar refractivity (Wildman–Crippen MR) is 96.9 cm³/mol. The van der Waals surface area contributed by atoms with E-state index in [2.05, 4.69) is 21.2 Å². The average Bonchev–Trinajstić information content (AvgIpc) is 2.66. The highest BCUT2D eigenvalue weighted by Gasteiger charge is 2.19. The lowest BCUT2D eigenvalue weighted by molar-refractivity contribution is 0.327. The van der Waals surface area contributed by atoms with E-state index in [0.717, 1.165) is 16.6 Å². The molecule has 126 valence electrons. The molecule has 0 spiro atoms. The van der Waals surface area contributed by atoms with E-state index in [9.17, 15) is 0 Å². The third-order valence-corrected chi connectivity index (χ3v) is 3.72. The minimum atomic E-state index is 0.483. The van der Waals surface area contributed by atoms with E-state index in [1.54, 1.807) is 21.3 Å². The molecule has 0 bridgehead atoms. The Morgan fingerprint density at radius 1 is 1.00 bits per heavy atom. The standard InChI is InChI=1S/C19H17N3O3/c1-5-12-7-6-8-13(9-12)22-19-14-10-15(23-2)17(24-3)18(25-4)16(14)20-11-21-19/h1,6-11H,2-4H3,(H,20,21,22). The molecule has 0 radical (unpaired) electrons. The summed E-state index contributed by atoms with van der Waals surface area (Å²) in [6.07, 6.45) is 6.92. The number of anilines is 2. The summed E-state index contributed by atoms with van der Waals surface area (Å²) in [6.45, 7) is 0. The molecule has 0 unspecified atom stereocenters. The van der Waals surface area contributed by atoms with Gasteiger partial charge in [-0.15, -0.1) is 6.42 Å². The van der Waals surface area contributed by atoms with Gasteiger partial charge in [0.2, 0.25) is 5.75 Å². The summed E-state index contributed by atoms with van der Waals surface area (Å²) < 4.78 is 16.3. The maximum Gasteiger partial charge on any atom is 0.205 e. The van der Waals surface area contributed by atoms with E-state index >= 15 is 0 Å². The molecule has 0 saturated heterocycles. The summed E-state index contributed by atoms with van der Waals surface area (Å²) in [5.41, 5.74) is 2.22. The van der Waals surface area contributed by atoms with Crippen molar-refractivity contribution in [1.29, 1.82) is 0 Å². The van der Waals surface area contributed by atoms with Crippen molar-refractivity contribution < 1.29 is 14.2 Å². The third-order valence-electron chi connectivity index (χ3n) is 3.72. The normalized spacial score (nSPS) is 10.2. The fraction of sp³-hybridized carbons (Fsp3) is 0.158. The Morgan fingerprint density at radius 3 is 2.48 bits per heavy atom. The zero-order valence-corrected chi connectivity index (χ0v) is 14.2. The number of fused-ring (bicyclic) bond motifs is 1. The minimum Gasteiger partial charge on any atom is -0.493 e. The number of nitrogens with one attached hydrogen (secondary N) is 1. The van der Waals surface area contributed by atoms with Crippen LogP contribution in [0.3, 0.4) is 0 Å². The molecule has 3 aromatic rings. The molecule has 6 nitrogen and oxygen atoms in total. The van der Waals surface area contributed by atoms with Crippen molar-refractivity contribution in [1.82, 2.24) is 9.97 Å². The Hall–Kier alpha value is -3.46. The Labute approximate surface area is 145 Å². The summed E-state index contributed by atoms with van der Waals surface area (Å²) in [6, 6.07) is 9.33. The first-order valence-electron chi connectivity index (χ1n) is 7.49. The topological polar surface area (TPSA) is 65.5 Å². The van der Waals surface area contributed by atoms with Gasteiger partial charge in [-0.1, -0.05) is 12.0 Å². The van der Waals surface area contributed by atoms with Crippen molar-refractivity contribution in [3.05, 3.63) is 42.2 Å². The molecule has 0 aliphatic rings. The Bertz CT molecular complexity index is 964. The molecular weight excluding hydrogens is 318 g/mol. The summed E-state index contributed by atoms with van der Waals surface area (Å²) in [5, 5.41) is 4.00. The Kier molecular flexibility index (Phi) is 4.57. The van der Waals surface area contributed by atoms with Crippen molar-refractivity contribution >= 4 is 22.4 Å². The summed E-state index contributed by atoms with van der Waals surface area (Å²) in [4.78, 5) is 8.67. The predicted octanol–water partition coefficient (Wildman–Crippen LogP) is 3.38. The van der Waals surface area contributed by atoms with Crippen LogP contribution in [-0.4, -0.2) is 31.3 Å². The zero-order chi connectivity index (χ0) is 17.8. The maximum absolute atomic E-state index is 5.48. The van der Waals surface area contributed by atoms with Crippen LogP contribution in [0.2, 0.25) is 0 Å². The van der Waals surface area contributed by atoms with Crippen LogP contribution in [0.25, 0.3) is 10.9 Å².